The van der Waals surface area contributed by atoms with Gasteiger partial charge in [-0.25, -0.2) is 0 Å². The molecule has 0 bridgehead atoms. The van der Waals surface area contributed by atoms with Crippen LogP contribution in [0.3, 0.4) is 0 Å². The molecule has 6 rings (SSSR count). The molecule has 0 atom stereocenters. The van der Waals surface area contributed by atoms with Crippen LogP contribution in [0.2, 0.25) is 0 Å². The van der Waals surface area contributed by atoms with Crippen molar-refractivity contribution in [2.75, 3.05) is 240 Å². The van der Waals surface area contributed by atoms with E-state index in [1.54, 1.807) is 51.1 Å². The van der Waals surface area contributed by atoms with E-state index in [2.05, 4.69) is 71.6 Å². The maximum atomic E-state index is 6.70. The van der Waals surface area contributed by atoms with E-state index < -0.39 is 0 Å². The van der Waals surface area contributed by atoms with Crippen molar-refractivity contribution in [3.8, 4) is 48.8 Å². The Morgan fingerprint density at radius 2 is 0.415 bits per heavy atom. The first-order valence-corrected chi connectivity index (χ1v) is 52.2. The van der Waals surface area contributed by atoms with Gasteiger partial charge < -0.3 is 94.7 Å². The summed E-state index contributed by atoms with van der Waals surface area (Å²) in [4.78, 5) is 12.6. The van der Waals surface area contributed by atoms with Crippen LogP contribution >= 0.6 is 84.0 Å². The fourth-order valence-corrected chi connectivity index (χ4v) is 21.8. The highest BCUT2D eigenvalue weighted by molar-refractivity contribution is 9.11. The van der Waals surface area contributed by atoms with Gasteiger partial charge in [0.1, 0.15) is 0 Å². The Morgan fingerprint density at radius 1 is 0.211 bits per heavy atom. The lowest BCUT2D eigenvalue weighted by Crippen LogP contribution is -2.12. The molecule has 704 valence electrons. The van der Waals surface area contributed by atoms with Crippen molar-refractivity contribution in [3.63, 3.8) is 0 Å². The van der Waals surface area contributed by atoms with Crippen molar-refractivity contribution in [3.05, 3.63) is 78.9 Å². The molecule has 0 radical (unpaired) electrons. The number of methoxy groups -OCH3 is 4. The summed E-state index contributed by atoms with van der Waals surface area (Å²) in [5.41, 5.74) is 7.44. The van der Waals surface area contributed by atoms with Crippen molar-refractivity contribution in [1.82, 2.24) is 0 Å². The Morgan fingerprint density at radius 3 is 0.691 bits per heavy atom. The van der Waals surface area contributed by atoms with Gasteiger partial charge in [-0.2, -0.15) is 0 Å². The van der Waals surface area contributed by atoms with Crippen LogP contribution in [-0.4, -0.2) is 240 Å². The lowest BCUT2D eigenvalue weighted by Gasteiger charge is -2.08. The molecule has 0 spiro atoms. The van der Waals surface area contributed by atoms with Crippen LogP contribution in [0.25, 0.3) is 48.8 Å². The molecule has 0 saturated heterocycles. The Bertz CT molecular complexity index is 3370. The molecule has 0 amide bonds. The van der Waals surface area contributed by atoms with Gasteiger partial charge in [-0.05, 0) is 111 Å². The van der Waals surface area contributed by atoms with Gasteiger partial charge in [0.15, 0.2) is 0 Å². The van der Waals surface area contributed by atoms with Crippen molar-refractivity contribution in [1.29, 1.82) is 0 Å². The van der Waals surface area contributed by atoms with Crippen molar-refractivity contribution in [2.24, 2.45) is 0 Å². The smallest absolute Gasteiger partial charge is 0.0760 e. The summed E-state index contributed by atoms with van der Waals surface area (Å²) in [6, 6.07) is 14.4. The first-order chi connectivity index (χ1) is 60.9. The van der Waals surface area contributed by atoms with E-state index in [9.17, 15) is 0 Å². The lowest BCUT2D eigenvalue weighted by atomic mass is 10.0. The number of unbranched alkanes of at least 4 members (excludes halogenated alkanes) is 26. The van der Waals surface area contributed by atoms with Crippen molar-refractivity contribution >= 4 is 84.0 Å². The minimum atomic E-state index is 0.421. The highest BCUT2D eigenvalue weighted by Crippen LogP contribution is 2.52. The summed E-state index contributed by atoms with van der Waals surface area (Å²) < 4.78 is 117. The number of thiophene rings is 6. The quantitative estimate of drug-likeness (QED) is 0.0328. The molecule has 0 unspecified atom stereocenters. The molecule has 6 aromatic heterocycles. The van der Waals surface area contributed by atoms with Gasteiger partial charge in [0.05, 0.1) is 251 Å². The minimum Gasteiger partial charge on any atom is -0.382 e. The SMILES string of the molecule is CCCCCCCCCCCCCCCCc1cc(-c2sc(-c3sc(-c4sc(-c5sccc5COCCOCCOCCOCCOC)cc4CCCCCCCCCCCCCCCC)cc3COCCOCCOCCOCCOC)cc2COCCOCCOCCOCCOC)sc1-c1cc(COCCOCCOCCOCCOC)c(Br)s1. The predicted octanol–water partition coefficient (Wildman–Crippen LogP) is 24.1. The largest absolute Gasteiger partial charge is 0.382 e. The van der Waals surface area contributed by atoms with Gasteiger partial charge in [0.25, 0.3) is 0 Å². The van der Waals surface area contributed by atoms with E-state index in [4.69, 9.17) is 94.7 Å². The monoisotopic (exact) mass is 1900 g/mol. The number of hydrogen-bond donors (Lipinski definition) is 0. The second-order valence-electron chi connectivity index (χ2n) is 30.8. The highest BCUT2D eigenvalue weighted by atomic mass is 79.9. The molecule has 0 saturated carbocycles. The van der Waals surface area contributed by atoms with E-state index in [0.29, 0.717) is 238 Å². The van der Waals surface area contributed by atoms with Crippen molar-refractivity contribution < 1.29 is 94.7 Å². The molecule has 0 aliphatic heterocycles. The van der Waals surface area contributed by atoms with Crippen LogP contribution in [-0.2, 0) is 134 Å². The fourth-order valence-electron chi connectivity index (χ4n) is 13.8. The van der Waals surface area contributed by atoms with Gasteiger partial charge in [-0.15, -0.1) is 68.0 Å². The van der Waals surface area contributed by atoms with E-state index >= 15 is 0 Å². The Hall–Kier alpha value is -2.12. The molecular formula is C96H157BrO20S6. The Kier molecular flexibility index (Phi) is 69.1. The molecule has 20 nitrogen and oxygen atoms in total. The van der Waals surface area contributed by atoms with Crippen LogP contribution in [0.5, 0.6) is 0 Å². The fraction of sp³-hybridized carbons (Fsp3) is 0.750. The highest BCUT2D eigenvalue weighted by Gasteiger charge is 2.26. The normalized spacial score (nSPS) is 11.9. The van der Waals surface area contributed by atoms with E-state index in [1.807, 2.05) is 45.3 Å². The first kappa shape index (κ1) is 110. The third-order valence-electron chi connectivity index (χ3n) is 20.7. The van der Waals surface area contributed by atoms with Gasteiger partial charge in [-0.1, -0.05) is 181 Å². The predicted molar refractivity (Wildman–Crippen MR) is 513 cm³/mol. The van der Waals surface area contributed by atoms with E-state index in [1.165, 1.54) is 232 Å². The lowest BCUT2D eigenvalue weighted by molar-refractivity contribution is -0.00949. The Balaban J connectivity index is 1.31. The summed E-state index contributed by atoms with van der Waals surface area (Å²) in [6.45, 7) is 22.6. The second-order valence-corrected chi connectivity index (χ2v) is 38.3. The van der Waals surface area contributed by atoms with Crippen LogP contribution in [0.1, 0.15) is 227 Å². The van der Waals surface area contributed by atoms with Gasteiger partial charge >= 0.3 is 0 Å². The number of aryl methyl sites for hydroxylation is 2. The molecule has 6 aromatic rings. The average Bonchev–Trinajstić information content (AvgIpc) is 1.63. The summed E-state index contributed by atoms with van der Waals surface area (Å²) in [6.07, 6.45) is 39.1. The molecular weight excluding hydrogens is 1750 g/mol. The molecule has 0 fully saturated rings. The number of rotatable bonds is 91. The van der Waals surface area contributed by atoms with Crippen LogP contribution in [0.15, 0.2) is 45.6 Å². The molecule has 123 heavy (non-hydrogen) atoms. The van der Waals surface area contributed by atoms with Crippen LogP contribution < -0.4 is 0 Å². The summed E-state index contributed by atoms with van der Waals surface area (Å²) in [5.74, 6) is 0. The average molecular weight is 1900 g/mol. The number of halogens is 1. The zero-order chi connectivity index (χ0) is 86.8. The van der Waals surface area contributed by atoms with Crippen LogP contribution in [0, 0.1) is 0 Å². The van der Waals surface area contributed by atoms with Crippen LogP contribution in [0.4, 0.5) is 0 Å². The first-order valence-electron chi connectivity index (χ1n) is 46.5. The third-order valence-corrected chi connectivity index (χ3v) is 29.2. The number of ether oxygens (including phenoxy) is 20. The third kappa shape index (κ3) is 51.5. The minimum absolute atomic E-state index is 0.421. The zero-order valence-corrected chi connectivity index (χ0v) is 82.7. The second kappa shape index (κ2) is 77.5. The molecule has 0 N–H and O–H groups in total. The van der Waals surface area contributed by atoms with Gasteiger partial charge in [0, 0.05) is 73.0 Å². The van der Waals surface area contributed by atoms with Crippen molar-refractivity contribution in [2.45, 2.75) is 233 Å². The maximum Gasteiger partial charge on any atom is 0.0760 e. The van der Waals surface area contributed by atoms with Gasteiger partial charge in [0.2, 0.25) is 0 Å². The standard InChI is InChI=1S/C96H157BrO20S6/c1-7-9-11-13-15-17-19-21-23-25-27-29-31-33-35-80-71-86(91-82(37-70-118-91)76-114-66-62-110-58-54-106-50-46-102-42-38-98-3)119-92(80)88-73-83(77-115-67-63-111-59-55-107-51-47-103-43-39-99-4)95(121-88)89-74-84(78-116-68-64-112-60-56-108-52-48-104-44-40-100-5)94(122-89)87-72-81(36-34-32-30-28-26-24-22-20-18-16-14-12-10-8-2)93(120-87)90-75-85(96(97)123-90)79-117-69-65-113-61-57-109-53-49-105-45-41-101-6/h37,70-75H,7-36,38-69,76-79H2,1-6H3. The Labute approximate surface area is 773 Å². The van der Waals surface area contributed by atoms with E-state index in [0.717, 1.165) is 46.2 Å². The maximum absolute atomic E-state index is 6.70. The molecule has 6 heterocycles. The summed E-state index contributed by atoms with van der Waals surface area (Å²) >= 11 is 15.2. The number of hydrogen-bond acceptors (Lipinski definition) is 26. The topological polar surface area (TPSA) is 185 Å². The zero-order valence-electron chi connectivity index (χ0n) is 76.2. The molecule has 0 aliphatic carbocycles. The summed E-state index contributed by atoms with van der Waals surface area (Å²) in [5, 5.41) is 2.21. The van der Waals surface area contributed by atoms with E-state index in [-0.39, 0.29) is 0 Å². The molecule has 27 heteroatoms. The molecule has 0 aromatic carbocycles. The summed E-state index contributed by atoms with van der Waals surface area (Å²) in [7, 11) is 6.70. The molecule has 0 aliphatic rings. The van der Waals surface area contributed by atoms with Gasteiger partial charge in [-0.3, -0.25) is 0 Å².